The van der Waals surface area contributed by atoms with Gasteiger partial charge in [-0.2, -0.15) is 4.98 Å². The molecule has 0 amide bonds. The molecule has 17 heteroatoms. The van der Waals surface area contributed by atoms with E-state index in [0.717, 1.165) is 49.6 Å². The van der Waals surface area contributed by atoms with Crippen LogP contribution >= 0.6 is 0 Å². The van der Waals surface area contributed by atoms with Gasteiger partial charge in [-0.15, -0.1) is 13.2 Å². The van der Waals surface area contributed by atoms with E-state index < -0.39 is 22.1 Å². The summed E-state index contributed by atoms with van der Waals surface area (Å²) < 4.78 is 83.1. The third-order valence-corrected chi connectivity index (χ3v) is 10.3. The number of rotatable bonds is 10. The van der Waals surface area contributed by atoms with Crippen molar-refractivity contribution in [2.75, 3.05) is 92.7 Å². The van der Waals surface area contributed by atoms with Gasteiger partial charge >= 0.3 is 6.36 Å². The Morgan fingerprint density at radius 3 is 2.40 bits per heavy atom. The first kappa shape index (κ1) is 35.3. The zero-order chi connectivity index (χ0) is 35.6. The Balaban J connectivity index is 1.25. The molecule has 4 heterocycles. The number of nitrogens with one attached hydrogen (secondary N) is 2. The van der Waals surface area contributed by atoms with Crippen LogP contribution in [-0.4, -0.2) is 113 Å². The number of hydrogen-bond acceptors (Lipinski definition) is 12. The van der Waals surface area contributed by atoms with Crippen molar-refractivity contribution in [2.24, 2.45) is 0 Å². The van der Waals surface area contributed by atoms with Gasteiger partial charge in [-0.1, -0.05) is 12.7 Å². The van der Waals surface area contributed by atoms with E-state index in [0.29, 0.717) is 48.4 Å². The molecule has 1 aromatic heterocycles. The lowest BCUT2D eigenvalue weighted by molar-refractivity contribution is -0.274. The SMILES string of the molecule is C=Cc1cnc(Nc2ccc(N3CCC(N4CCN(C)CC4)CC3)cc2OC(F)(F)F)nc1Nc1ccc2c(c1N(C)S(C)(=O)=O)OCCO2. The van der Waals surface area contributed by atoms with Crippen molar-refractivity contribution in [3.8, 4) is 17.2 Å². The van der Waals surface area contributed by atoms with Gasteiger partial charge in [0.05, 0.1) is 17.6 Å². The number of anilines is 6. The predicted molar refractivity (Wildman–Crippen MR) is 187 cm³/mol. The number of benzene rings is 2. The van der Waals surface area contributed by atoms with Gasteiger partial charge in [0.15, 0.2) is 17.2 Å². The molecular weight excluding hydrogens is 677 g/mol. The van der Waals surface area contributed by atoms with Crippen molar-refractivity contribution < 1.29 is 35.8 Å². The van der Waals surface area contributed by atoms with Crippen LogP contribution in [0.25, 0.3) is 6.08 Å². The van der Waals surface area contributed by atoms with Crippen LogP contribution in [0.1, 0.15) is 18.4 Å². The van der Waals surface area contributed by atoms with Gasteiger partial charge in [0.1, 0.15) is 24.7 Å². The second-order valence-corrected chi connectivity index (χ2v) is 14.5. The molecule has 50 heavy (non-hydrogen) atoms. The summed E-state index contributed by atoms with van der Waals surface area (Å²) >= 11 is 0. The minimum atomic E-state index is -4.94. The summed E-state index contributed by atoms with van der Waals surface area (Å²) in [4.78, 5) is 15.7. The summed E-state index contributed by atoms with van der Waals surface area (Å²) in [5.74, 6) is 0.350. The first-order chi connectivity index (χ1) is 23.8. The average Bonchev–Trinajstić information content (AvgIpc) is 3.08. The van der Waals surface area contributed by atoms with E-state index in [1.165, 1.54) is 31.5 Å². The molecule has 3 aromatic rings. The highest BCUT2D eigenvalue weighted by atomic mass is 32.2. The second-order valence-electron chi connectivity index (χ2n) is 12.5. The smallest absolute Gasteiger partial charge is 0.486 e. The van der Waals surface area contributed by atoms with E-state index in [9.17, 15) is 21.6 Å². The number of ether oxygens (including phenoxy) is 3. The lowest BCUT2D eigenvalue weighted by Crippen LogP contribution is -2.52. The maximum atomic E-state index is 13.6. The second kappa shape index (κ2) is 14.4. The van der Waals surface area contributed by atoms with E-state index in [1.807, 2.05) is 0 Å². The third-order valence-electron chi connectivity index (χ3n) is 9.11. The Morgan fingerprint density at radius 1 is 1.02 bits per heavy atom. The molecule has 0 unspecified atom stereocenters. The van der Waals surface area contributed by atoms with Crippen LogP contribution < -0.4 is 34.0 Å². The summed E-state index contributed by atoms with van der Waals surface area (Å²) in [6.07, 6.45) is 0.886. The molecule has 2 aromatic carbocycles. The number of alkyl halides is 3. The first-order valence-corrected chi connectivity index (χ1v) is 18.1. The maximum absolute atomic E-state index is 13.6. The number of fused-ring (bicyclic) bond motifs is 1. The van der Waals surface area contributed by atoms with Crippen molar-refractivity contribution in [2.45, 2.75) is 25.2 Å². The van der Waals surface area contributed by atoms with E-state index in [2.05, 4.69) is 53.7 Å². The number of halogens is 3. The van der Waals surface area contributed by atoms with Gasteiger partial charge in [-0.05, 0) is 44.2 Å². The maximum Gasteiger partial charge on any atom is 0.573 e. The summed E-state index contributed by atoms with van der Waals surface area (Å²) in [5, 5.41) is 5.99. The van der Waals surface area contributed by atoms with Crippen molar-refractivity contribution in [1.29, 1.82) is 0 Å². The average molecular weight is 719 g/mol. The summed E-state index contributed by atoms with van der Waals surface area (Å²) in [5.41, 5.74) is 1.58. The fourth-order valence-corrected chi connectivity index (χ4v) is 6.84. The third kappa shape index (κ3) is 8.11. The summed E-state index contributed by atoms with van der Waals surface area (Å²) in [7, 11) is -0.222. The van der Waals surface area contributed by atoms with Crippen molar-refractivity contribution in [3.05, 3.63) is 48.7 Å². The van der Waals surface area contributed by atoms with Crippen LogP contribution in [0.2, 0.25) is 0 Å². The fourth-order valence-electron chi connectivity index (χ4n) is 6.33. The molecule has 3 aliphatic heterocycles. The minimum absolute atomic E-state index is 0.00697. The molecule has 0 aliphatic carbocycles. The van der Waals surface area contributed by atoms with E-state index in [1.54, 1.807) is 18.2 Å². The largest absolute Gasteiger partial charge is 0.573 e. The molecule has 0 radical (unpaired) electrons. The van der Waals surface area contributed by atoms with Crippen molar-refractivity contribution >= 4 is 50.6 Å². The summed E-state index contributed by atoms with van der Waals surface area (Å²) in [6, 6.07) is 8.36. The fraction of sp³-hybridized carbons (Fsp3) is 0.455. The molecule has 6 rings (SSSR count). The molecule has 2 fully saturated rings. The van der Waals surface area contributed by atoms with Crippen LogP contribution in [0, 0.1) is 0 Å². The van der Waals surface area contributed by atoms with Gasteiger partial charge in [0.2, 0.25) is 16.0 Å². The number of nitrogens with zero attached hydrogens (tertiary/aromatic N) is 6. The molecule has 0 saturated carbocycles. The molecule has 0 atom stereocenters. The van der Waals surface area contributed by atoms with Gasteiger partial charge in [-0.25, -0.2) is 13.4 Å². The number of piperidine rings is 1. The van der Waals surface area contributed by atoms with Crippen LogP contribution in [0.4, 0.5) is 47.7 Å². The van der Waals surface area contributed by atoms with E-state index in [4.69, 9.17) is 9.47 Å². The van der Waals surface area contributed by atoms with Crippen molar-refractivity contribution in [1.82, 2.24) is 19.8 Å². The zero-order valence-corrected chi connectivity index (χ0v) is 29.0. The van der Waals surface area contributed by atoms with Crippen LogP contribution in [0.3, 0.4) is 0 Å². The Kier molecular flexibility index (Phi) is 10.2. The Morgan fingerprint density at radius 2 is 1.72 bits per heavy atom. The zero-order valence-electron chi connectivity index (χ0n) is 28.2. The number of hydrogen-bond donors (Lipinski definition) is 2. The van der Waals surface area contributed by atoms with Gasteiger partial charge in [0.25, 0.3) is 0 Å². The highest BCUT2D eigenvalue weighted by molar-refractivity contribution is 7.92. The molecule has 3 aliphatic rings. The van der Waals surface area contributed by atoms with Crippen LogP contribution in [0.5, 0.6) is 17.2 Å². The van der Waals surface area contributed by atoms with Crippen LogP contribution in [-0.2, 0) is 10.0 Å². The Labute approximate surface area is 289 Å². The Bertz CT molecular complexity index is 1810. The topological polar surface area (TPSA) is 125 Å². The quantitative estimate of drug-likeness (QED) is 0.297. The summed E-state index contributed by atoms with van der Waals surface area (Å²) in [6.45, 7) is 9.87. The first-order valence-electron chi connectivity index (χ1n) is 16.3. The lowest BCUT2D eigenvalue weighted by Gasteiger charge is -2.42. The number of sulfonamides is 1. The Hall–Kier alpha value is -4.48. The monoisotopic (exact) mass is 718 g/mol. The van der Waals surface area contributed by atoms with Gasteiger partial charge < -0.3 is 34.6 Å². The lowest BCUT2D eigenvalue weighted by atomic mass is 10.0. The normalized spacial score (nSPS) is 17.7. The molecular formula is C33H41F3N8O5S. The van der Waals surface area contributed by atoms with E-state index in [-0.39, 0.29) is 35.5 Å². The highest BCUT2D eigenvalue weighted by Crippen LogP contribution is 2.46. The van der Waals surface area contributed by atoms with E-state index >= 15 is 0 Å². The van der Waals surface area contributed by atoms with Gasteiger partial charge in [0, 0.05) is 75.9 Å². The molecule has 13 nitrogen and oxygen atoms in total. The number of aromatic nitrogens is 2. The molecule has 270 valence electrons. The molecule has 2 N–H and O–H groups in total. The standard InChI is InChI=1S/C33H41F3N8O5S/c1-5-22-21-37-32(40-31(22)38-26-8-9-27-30(48-19-18-47-27)29(26)42(3)50(4,45)46)39-25-7-6-24(20-28(25)49-33(34,35)36)43-12-10-23(11-13-43)44-16-14-41(2)15-17-44/h5-9,20-21,23H,1,10-19H2,2-4H3,(H2,37,38,39,40). The highest BCUT2D eigenvalue weighted by Gasteiger charge is 2.34. The van der Waals surface area contributed by atoms with Crippen LogP contribution in [0.15, 0.2) is 43.1 Å². The number of likely N-dealkylation sites (N-methyl/N-ethyl adjacent to an activating group) is 1. The molecule has 0 spiro atoms. The minimum Gasteiger partial charge on any atom is -0.486 e. The predicted octanol–water partition coefficient (Wildman–Crippen LogP) is 4.89. The van der Waals surface area contributed by atoms with Gasteiger partial charge in [-0.3, -0.25) is 9.21 Å². The van der Waals surface area contributed by atoms with Crippen molar-refractivity contribution in [3.63, 3.8) is 0 Å². The molecule has 0 bridgehead atoms. The number of piperazine rings is 1. The molecule has 2 saturated heterocycles.